The molecule has 0 radical (unpaired) electrons. The standard InChI is InChI=1S/C8H8BrF2N/c9-5-12-4-6-3-7(10)1-2-8(6)11/h1-3,12H,4-5H2. The Morgan fingerprint density at radius 2 is 2.08 bits per heavy atom. The molecule has 12 heavy (non-hydrogen) atoms. The highest BCUT2D eigenvalue weighted by Crippen LogP contribution is 2.08. The molecule has 0 heterocycles. The highest BCUT2D eigenvalue weighted by Gasteiger charge is 2.01. The molecule has 0 fully saturated rings. The highest BCUT2D eigenvalue weighted by molar-refractivity contribution is 9.09. The van der Waals surface area contributed by atoms with Gasteiger partial charge in [0, 0.05) is 12.1 Å². The quantitative estimate of drug-likeness (QED) is 0.627. The summed E-state index contributed by atoms with van der Waals surface area (Å²) in [5.74, 6) is -0.798. The lowest BCUT2D eigenvalue weighted by atomic mass is 10.2. The molecular weight excluding hydrogens is 228 g/mol. The maximum absolute atomic E-state index is 12.9. The van der Waals surface area contributed by atoms with Crippen molar-refractivity contribution in [1.29, 1.82) is 0 Å². The van der Waals surface area contributed by atoms with E-state index in [1.165, 1.54) is 6.07 Å². The van der Waals surface area contributed by atoms with Crippen LogP contribution in [-0.2, 0) is 6.54 Å². The first-order chi connectivity index (χ1) is 5.74. The Morgan fingerprint density at radius 1 is 1.33 bits per heavy atom. The van der Waals surface area contributed by atoms with Crippen LogP contribution in [0.4, 0.5) is 8.78 Å². The van der Waals surface area contributed by atoms with Crippen molar-refractivity contribution in [2.24, 2.45) is 0 Å². The van der Waals surface area contributed by atoms with Crippen LogP contribution in [0.1, 0.15) is 5.56 Å². The summed E-state index contributed by atoms with van der Waals surface area (Å²) in [7, 11) is 0. The van der Waals surface area contributed by atoms with E-state index < -0.39 is 5.82 Å². The predicted octanol–water partition coefficient (Wildman–Crippen LogP) is 2.41. The summed E-state index contributed by atoms with van der Waals surface area (Å²) in [5, 5.41) is 2.84. The third-order valence-electron chi connectivity index (χ3n) is 1.42. The van der Waals surface area contributed by atoms with E-state index in [0.29, 0.717) is 17.6 Å². The largest absolute Gasteiger partial charge is 0.303 e. The van der Waals surface area contributed by atoms with Crippen molar-refractivity contribution in [3.63, 3.8) is 0 Å². The molecule has 1 aromatic carbocycles. The van der Waals surface area contributed by atoms with Gasteiger partial charge in [-0.1, -0.05) is 15.9 Å². The monoisotopic (exact) mass is 235 g/mol. The molecule has 0 aliphatic carbocycles. The van der Waals surface area contributed by atoms with Gasteiger partial charge in [-0.05, 0) is 18.2 Å². The first-order valence-electron chi connectivity index (χ1n) is 3.44. The lowest BCUT2D eigenvalue weighted by Gasteiger charge is -2.02. The van der Waals surface area contributed by atoms with Crippen LogP contribution in [0.2, 0.25) is 0 Å². The van der Waals surface area contributed by atoms with E-state index >= 15 is 0 Å². The molecule has 1 nitrogen and oxygen atoms in total. The third-order valence-corrected chi connectivity index (χ3v) is 1.81. The second-order valence-electron chi connectivity index (χ2n) is 2.30. The average molecular weight is 236 g/mol. The molecule has 0 amide bonds. The number of nitrogens with one attached hydrogen (secondary N) is 1. The second kappa shape index (κ2) is 4.52. The van der Waals surface area contributed by atoms with Gasteiger partial charge in [-0.3, -0.25) is 0 Å². The molecule has 0 spiro atoms. The lowest BCUT2D eigenvalue weighted by Crippen LogP contribution is -2.11. The van der Waals surface area contributed by atoms with Gasteiger partial charge < -0.3 is 5.32 Å². The van der Waals surface area contributed by atoms with Crippen molar-refractivity contribution in [3.8, 4) is 0 Å². The van der Waals surface area contributed by atoms with Gasteiger partial charge in [-0.25, -0.2) is 8.78 Å². The number of hydrogen-bond donors (Lipinski definition) is 1. The molecule has 0 aliphatic heterocycles. The van der Waals surface area contributed by atoms with E-state index in [4.69, 9.17) is 0 Å². The summed E-state index contributed by atoms with van der Waals surface area (Å²) in [4.78, 5) is 0. The van der Waals surface area contributed by atoms with Crippen LogP contribution < -0.4 is 5.32 Å². The van der Waals surface area contributed by atoms with E-state index in [1.54, 1.807) is 0 Å². The van der Waals surface area contributed by atoms with Crippen LogP contribution in [0.3, 0.4) is 0 Å². The van der Waals surface area contributed by atoms with Gasteiger partial charge in [-0.2, -0.15) is 0 Å². The van der Waals surface area contributed by atoms with Gasteiger partial charge in [0.2, 0.25) is 0 Å². The molecule has 1 aromatic rings. The Bertz CT molecular complexity index is 265. The summed E-state index contributed by atoms with van der Waals surface area (Å²) in [5.41, 5.74) is 0.901. The Morgan fingerprint density at radius 3 is 2.75 bits per heavy atom. The maximum atomic E-state index is 12.9. The summed E-state index contributed by atoms with van der Waals surface area (Å²) < 4.78 is 25.4. The van der Waals surface area contributed by atoms with Crippen molar-refractivity contribution < 1.29 is 8.78 Å². The van der Waals surface area contributed by atoms with Gasteiger partial charge in [0.05, 0.1) is 5.45 Å². The van der Waals surface area contributed by atoms with Crippen molar-refractivity contribution in [1.82, 2.24) is 5.32 Å². The Balaban J connectivity index is 2.75. The van der Waals surface area contributed by atoms with Crippen LogP contribution in [0.25, 0.3) is 0 Å². The van der Waals surface area contributed by atoms with Crippen molar-refractivity contribution in [2.45, 2.75) is 6.54 Å². The molecule has 0 aromatic heterocycles. The topological polar surface area (TPSA) is 12.0 Å². The number of hydrogen-bond acceptors (Lipinski definition) is 1. The van der Waals surface area contributed by atoms with E-state index in [9.17, 15) is 8.78 Å². The highest BCUT2D eigenvalue weighted by atomic mass is 79.9. The van der Waals surface area contributed by atoms with Crippen molar-refractivity contribution in [3.05, 3.63) is 35.4 Å². The number of rotatable bonds is 3. The zero-order chi connectivity index (χ0) is 8.97. The fourth-order valence-electron chi connectivity index (χ4n) is 0.861. The van der Waals surface area contributed by atoms with Gasteiger partial charge in [-0.15, -0.1) is 0 Å². The Kier molecular flexibility index (Phi) is 3.62. The minimum Gasteiger partial charge on any atom is -0.303 e. The fraction of sp³-hybridized carbons (Fsp3) is 0.250. The lowest BCUT2D eigenvalue weighted by molar-refractivity contribution is 0.577. The van der Waals surface area contributed by atoms with Crippen LogP contribution in [0, 0.1) is 11.6 Å². The van der Waals surface area contributed by atoms with Crippen molar-refractivity contribution >= 4 is 15.9 Å². The Labute approximate surface area is 77.9 Å². The number of halogens is 3. The van der Waals surface area contributed by atoms with Crippen LogP contribution in [0.15, 0.2) is 18.2 Å². The Hall–Kier alpha value is -0.480. The zero-order valence-corrected chi connectivity index (χ0v) is 7.87. The number of benzene rings is 1. The molecule has 0 saturated carbocycles. The summed E-state index contributed by atoms with van der Waals surface area (Å²) >= 11 is 3.12. The molecule has 0 atom stereocenters. The maximum Gasteiger partial charge on any atom is 0.127 e. The molecule has 0 unspecified atom stereocenters. The number of alkyl halides is 1. The van der Waals surface area contributed by atoms with Crippen LogP contribution >= 0.6 is 15.9 Å². The van der Waals surface area contributed by atoms with Crippen molar-refractivity contribution in [2.75, 3.05) is 5.45 Å². The van der Waals surface area contributed by atoms with Gasteiger partial charge in [0.1, 0.15) is 11.6 Å². The van der Waals surface area contributed by atoms with E-state index in [1.807, 2.05) is 0 Å². The summed E-state index contributed by atoms with van der Waals surface area (Å²) in [6.07, 6.45) is 0. The summed E-state index contributed by atoms with van der Waals surface area (Å²) in [6.45, 7) is 0.328. The molecule has 1 N–H and O–H groups in total. The van der Waals surface area contributed by atoms with Gasteiger partial charge >= 0.3 is 0 Å². The molecule has 0 bridgehead atoms. The van der Waals surface area contributed by atoms with Gasteiger partial charge in [0.15, 0.2) is 0 Å². The zero-order valence-electron chi connectivity index (χ0n) is 6.28. The molecular formula is C8H8BrF2N. The second-order valence-corrected chi connectivity index (χ2v) is 2.86. The third kappa shape index (κ3) is 2.53. The van der Waals surface area contributed by atoms with Crippen LogP contribution in [-0.4, -0.2) is 5.45 Å². The molecule has 66 valence electrons. The molecule has 0 saturated heterocycles. The van der Waals surface area contributed by atoms with Crippen LogP contribution in [0.5, 0.6) is 0 Å². The summed E-state index contributed by atoms with van der Waals surface area (Å²) in [6, 6.07) is 3.42. The molecule has 0 aliphatic rings. The predicted molar refractivity (Wildman–Crippen MR) is 47.0 cm³/mol. The van der Waals surface area contributed by atoms with E-state index in [-0.39, 0.29) is 5.82 Å². The minimum absolute atomic E-state index is 0.328. The minimum atomic E-state index is -0.414. The van der Waals surface area contributed by atoms with Gasteiger partial charge in [0.25, 0.3) is 0 Å². The van der Waals surface area contributed by atoms with E-state index in [2.05, 4.69) is 21.2 Å². The SMILES string of the molecule is Fc1ccc(F)c(CNCBr)c1. The normalized spacial score (nSPS) is 10.2. The fourth-order valence-corrected chi connectivity index (χ4v) is 1.06. The first kappa shape index (κ1) is 9.61. The first-order valence-corrected chi connectivity index (χ1v) is 4.57. The molecule has 4 heteroatoms. The molecule has 1 rings (SSSR count). The average Bonchev–Trinajstić information content (AvgIpc) is 2.07. The van der Waals surface area contributed by atoms with E-state index in [0.717, 1.165) is 12.1 Å². The smallest absolute Gasteiger partial charge is 0.127 e.